The van der Waals surface area contributed by atoms with Crippen molar-refractivity contribution in [2.75, 3.05) is 19.6 Å². The fraction of sp³-hybridized carbons (Fsp3) is 0.739. The van der Waals surface area contributed by atoms with E-state index in [1.54, 1.807) is 6.92 Å². The highest BCUT2D eigenvalue weighted by Crippen LogP contribution is 2.76. The Labute approximate surface area is 310 Å². The lowest BCUT2D eigenvalue weighted by Gasteiger charge is -2.72. The van der Waals surface area contributed by atoms with E-state index in [4.69, 9.17) is 0 Å². The van der Waals surface area contributed by atoms with E-state index in [-0.39, 0.29) is 44.6 Å². The third-order valence-corrected chi connectivity index (χ3v) is 17.3. The average Bonchev–Trinajstić information content (AvgIpc) is 3.71. The van der Waals surface area contributed by atoms with Crippen LogP contribution in [0.25, 0.3) is 5.57 Å². The average molecular weight is 696 g/mol. The van der Waals surface area contributed by atoms with Gasteiger partial charge in [0, 0.05) is 17.6 Å². The normalized spacial score (nSPS) is 40.2. The van der Waals surface area contributed by atoms with Crippen LogP contribution in [-0.2, 0) is 0 Å². The number of ketones is 1. The van der Waals surface area contributed by atoms with E-state index < -0.39 is 0 Å². The minimum absolute atomic E-state index is 0.0580. The zero-order valence-electron chi connectivity index (χ0n) is 33.6. The molecule has 1 aromatic carbocycles. The number of carbonyl (C=O) groups is 2. The lowest BCUT2D eigenvalue weighted by molar-refractivity contribution is -0.218. The molecule has 0 aromatic heterocycles. The Morgan fingerprint density at radius 2 is 1.49 bits per heavy atom. The van der Waals surface area contributed by atoms with E-state index in [0.29, 0.717) is 29.6 Å². The molecule has 9 atom stereocenters. The molecule has 0 spiro atoms. The fourth-order valence-corrected chi connectivity index (χ4v) is 14.2. The number of hydrogen-bond acceptors (Lipinski definition) is 3. The predicted octanol–water partition coefficient (Wildman–Crippen LogP) is 10.5. The molecule has 5 nitrogen and oxygen atoms in total. The molecule has 2 N–H and O–H groups in total. The van der Waals surface area contributed by atoms with Gasteiger partial charge < -0.3 is 15.5 Å². The molecule has 280 valence electrons. The Balaban J connectivity index is 1.16. The van der Waals surface area contributed by atoms with Crippen LogP contribution in [0, 0.1) is 51.2 Å². The number of nitrogens with one attached hydrogen (secondary N) is 2. The molecule has 0 unspecified atom stereocenters. The van der Waals surface area contributed by atoms with Crippen molar-refractivity contribution in [3.63, 3.8) is 0 Å². The summed E-state index contributed by atoms with van der Waals surface area (Å²) in [6.07, 6.45) is 15.5. The van der Waals surface area contributed by atoms with Crippen molar-refractivity contribution in [2.45, 2.75) is 144 Å². The third kappa shape index (κ3) is 5.63. The summed E-state index contributed by atoms with van der Waals surface area (Å²) in [7, 11) is 0. The van der Waals surface area contributed by atoms with Crippen LogP contribution >= 0.6 is 0 Å². The van der Waals surface area contributed by atoms with Gasteiger partial charge in [0.25, 0.3) is 0 Å². The summed E-state index contributed by atoms with van der Waals surface area (Å²) in [5.41, 5.74) is 5.44. The maximum absolute atomic E-state index is 14.0. The van der Waals surface area contributed by atoms with Crippen molar-refractivity contribution in [3.8, 4) is 0 Å². The number of hydrogen-bond donors (Lipinski definition) is 2. The second-order valence-electron chi connectivity index (χ2n) is 19.8. The van der Waals surface area contributed by atoms with Gasteiger partial charge in [-0.3, -0.25) is 4.79 Å². The molecule has 0 radical (unpaired) electrons. The molecular formula is C46H69N3O2. The van der Waals surface area contributed by atoms with Crippen molar-refractivity contribution in [2.24, 2.45) is 51.2 Å². The molecule has 0 bridgehead atoms. The standard InChI is InChI=1S/C46H69N3O2/c1-11-49(12-2)29-45(26-27-45)47-40(51)48-46-24-19-34(30(3)4)39(46)36-17-18-38-42(8)22-20-35(33-15-13-32(14-16-33)31(5)50)41(6,7)37(42)21-23-44(38,10)43(36,9)25-28-46/h13-16,20,34,36-39H,3,11-12,17-19,21-29H2,1-2,4-10H3,(H2,47,48,51)/t34-,36+,37-,38+,39+,42-,43+,44+,46-/m0/s1. The van der Waals surface area contributed by atoms with Crippen LogP contribution in [0.1, 0.15) is 149 Å². The lowest BCUT2D eigenvalue weighted by atomic mass is 9.33. The van der Waals surface area contributed by atoms with Gasteiger partial charge in [0.2, 0.25) is 0 Å². The highest BCUT2D eigenvalue weighted by molar-refractivity contribution is 5.94. The van der Waals surface area contributed by atoms with Crippen molar-refractivity contribution in [1.29, 1.82) is 0 Å². The highest BCUT2D eigenvalue weighted by atomic mass is 16.2. The molecule has 5 heteroatoms. The molecule has 5 saturated carbocycles. The second kappa shape index (κ2) is 12.6. The molecule has 5 fully saturated rings. The summed E-state index contributed by atoms with van der Waals surface area (Å²) in [6, 6.07) is 8.48. The minimum Gasteiger partial charge on any atom is -0.332 e. The van der Waals surface area contributed by atoms with Crippen molar-refractivity contribution < 1.29 is 9.59 Å². The molecular weight excluding hydrogens is 627 g/mol. The lowest BCUT2D eigenvalue weighted by Crippen LogP contribution is -2.69. The van der Waals surface area contributed by atoms with E-state index >= 15 is 0 Å². The quantitative estimate of drug-likeness (QED) is 0.200. The van der Waals surface area contributed by atoms with E-state index in [9.17, 15) is 9.59 Å². The number of amides is 2. The summed E-state index contributed by atoms with van der Waals surface area (Å²) in [6.45, 7) is 29.0. The largest absolute Gasteiger partial charge is 0.332 e. The molecule has 7 rings (SSSR count). The first-order valence-electron chi connectivity index (χ1n) is 20.8. The molecule has 1 aromatic rings. The van der Waals surface area contributed by atoms with Gasteiger partial charge in [0.1, 0.15) is 0 Å². The number of Topliss-reactive ketones (excluding diaryl/α,β-unsaturated/α-hetero) is 1. The van der Waals surface area contributed by atoms with Gasteiger partial charge >= 0.3 is 6.03 Å². The first-order valence-corrected chi connectivity index (χ1v) is 20.8. The number of allylic oxidation sites excluding steroid dienone is 3. The smallest absolute Gasteiger partial charge is 0.315 e. The number of carbonyl (C=O) groups excluding carboxylic acids is 2. The van der Waals surface area contributed by atoms with Crippen molar-refractivity contribution in [3.05, 3.63) is 53.6 Å². The van der Waals surface area contributed by atoms with Crippen molar-refractivity contribution in [1.82, 2.24) is 15.5 Å². The Hall–Kier alpha value is -2.40. The summed E-state index contributed by atoms with van der Waals surface area (Å²) < 4.78 is 0. The molecule has 6 aliphatic rings. The first kappa shape index (κ1) is 36.9. The van der Waals surface area contributed by atoms with E-state index in [1.807, 2.05) is 12.1 Å². The van der Waals surface area contributed by atoms with E-state index in [1.165, 1.54) is 48.8 Å². The first-order chi connectivity index (χ1) is 24.0. The van der Waals surface area contributed by atoms with Crippen LogP contribution in [0.3, 0.4) is 0 Å². The number of nitrogens with zero attached hydrogens (tertiary/aromatic N) is 1. The monoisotopic (exact) mass is 696 g/mol. The van der Waals surface area contributed by atoms with Crippen LogP contribution in [0.4, 0.5) is 4.79 Å². The Kier molecular flexibility index (Phi) is 9.12. The van der Waals surface area contributed by atoms with Crippen molar-refractivity contribution >= 4 is 17.4 Å². The third-order valence-electron chi connectivity index (χ3n) is 17.3. The van der Waals surface area contributed by atoms with E-state index in [2.05, 4.69) is 95.7 Å². The molecule has 51 heavy (non-hydrogen) atoms. The predicted molar refractivity (Wildman–Crippen MR) is 210 cm³/mol. The topological polar surface area (TPSA) is 61.4 Å². The maximum Gasteiger partial charge on any atom is 0.315 e. The number of rotatable bonds is 9. The number of benzene rings is 1. The van der Waals surface area contributed by atoms with Crippen LogP contribution < -0.4 is 10.6 Å². The second-order valence-corrected chi connectivity index (χ2v) is 19.8. The van der Waals surface area contributed by atoms with Crippen LogP contribution in [0.15, 0.2) is 42.5 Å². The number of urea groups is 1. The fourth-order valence-electron chi connectivity index (χ4n) is 14.2. The zero-order chi connectivity index (χ0) is 36.8. The van der Waals surface area contributed by atoms with Gasteiger partial charge in [-0.1, -0.05) is 91.0 Å². The minimum atomic E-state index is -0.143. The summed E-state index contributed by atoms with van der Waals surface area (Å²) >= 11 is 0. The SMILES string of the molecule is C=C(C)[C@@H]1CC[C@]2(NC(=O)NC3(CN(CC)CC)CC3)CC[C@]3(C)[C@H](CC[C@@H]4[C@@]5(C)CC=C(c6ccc(C(C)=O)cc6)C(C)(C)[C@@H]5CC[C@]43C)[C@@H]12. The molecule has 0 heterocycles. The van der Waals surface area contributed by atoms with Gasteiger partial charge in [-0.05, 0) is 160 Å². The van der Waals surface area contributed by atoms with Crippen LogP contribution in [0.2, 0.25) is 0 Å². The summed E-state index contributed by atoms with van der Waals surface area (Å²) in [4.78, 5) is 28.5. The Morgan fingerprint density at radius 1 is 0.804 bits per heavy atom. The molecule has 2 amide bonds. The Morgan fingerprint density at radius 3 is 2.10 bits per heavy atom. The summed E-state index contributed by atoms with van der Waals surface area (Å²) in [5.74, 6) is 2.93. The Bertz CT molecular complexity index is 1580. The number of likely N-dealkylation sites (N-methyl/N-ethyl adjacent to an activating group) is 1. The van der Waals surface area contributed by atoms with Gasteiger partial charge in [-0.2, -0.15) is 0 Å². The summed E-state index contributed by atoms with van der Waals surface area (Å²) in [5, 5.41) is 7.31. The highest BCUT2D eigenvalue weighted by Gasteiger charge is 2.70. The molecule has 6 aliphatic carbocycles. The van der Waals surface area contributed by atoms with Gasteiger partial charge in [-0.25, -0.2) is 4.79 Å². The number of fused-ring (bicyclic) bond motifs is 7. The van der Waals surface area contributed by atoms with Gasteiger partial charge in [0.15, 0.2) is 5.78 Å². The zero-order valence-corrected chi connectivity index (χ0v) is 33.6. The van der Waals surface area contributed by atoms with Crippen LogP contribution in [-0.4, -0.2) is 47.4 Å². The van der Waals surface area contributed by atoms with Gasteiger partial charge in [-0.15, -0.1) is 0 Å². The maximum atomic E-state index is 14.0. The van der Waals surface area contributed by atoms with E-state index in [0.717, 1.165) is 63.7 Å². The van der Waals surface area contributed by atoms with Gasteiger partial charge in [0.05, 0.1) is 5.54 Å². The van der Waals surface area contributed by atoms with Crippen LogP contribution in [0.5, 0.6) is 0 Å². The molecule has 0 saturated heterocycles. The molecule has 0 aliphatic heterocycles.